The maximum absolute atomic E-state index is 12.7. The van der Waals surface area contributed by atoms with Crippen molar-refractivity contribution in [1.29, 1.82) is 0 Å². The second-order valence-electron chi connectivity index (χ2n) is 8.47. The predicted molar refractivity (Wildman–Crippen MR) is 90.2 cm³/mol. The molecule has 2 atom stereocenters. The van der Waals surface area contributed by atoms with Crippen LogP contribution in [0.4, 0.5) is 0 Å². The molecule has 2 fully saturated rings. The second kappa shape index (κ2) is 4.70. The van der Waals surface area contributed by atoms with Crippen LogP contribution in [0.1, 0.15) is 46.1 Å². The number of hydrogen-bond donors (Lipinski definition) is 0. The molecule has 120 valence electrons. The van der Waals surface area contributed by atoms with Gasteiger partial charge in [-0.15, -0.1) is 0 Å². The molecular weight excluding hydrogens is 292 g/mol. The first-order valence-corrected chi connectivity index (χ1v) is 9.61. The molecule has 0 heterocycles. The van der Waals surface area contributed by atoms with E-state index in [1.807, 2.05) is 19.1 Å². The summed E-state index contributed by atoms with van der Waals surface area (Å²) < 4.78 is 25.3. The van der Waals surface area contributed by atoms with Crippen LogP contribution >= 0.6 is 0 Å². The average molecular weight is 318 g/mol. The first-order valence-electron chi connectivity index (χ1n) is 8.06. The lowest BCUT2D eigenvalue weighted by Gasteiger charge is -2.63. The van der Waals surface area contributed by atoms with E-state index in [2.05, 4.69) is 27.7 Å². The Morgan fingerprint density at radius 3 is 2.00 bits per heavy atom. The van der Waals surface area contributed by atoms with Crippen LogP contribution in [0.2, 0.25) is 0 Å². The molecule has 2 nitrogen and oxygen atoms in total. The van der Waals surface area contributed by atoms with Crippen molar-refractivity contribution in [2.24, 2.45) is 22.7 Å². The highest BCUT2D eigenvalue weighted by Crippen LogP contribution is 2.67. The Hall–Kier alpha value is -1.09. The van der Waals surface area contributed by atoms with E-state index in [9.17, 15) is 8.42 Å². The van der Waals surface area contributed by atoms with E-state index >= 15 is 0 Å². The van der Waals surface area contributed by atoms with Crippen LogP contribution in [0.3, 0.4) is 0 Å². The second-order valence-corrected chi connectivity index (χ2v) is 10.3. The van der Waals surface area contributed by atoms with Gasteiger partial charge in [-0.3, -0.25) is 0 Å². The number of rotatable bonds is 2. The summed E-state index contributed by atoms with van der Waals surface area (Å²) in [5.41, 5.74) is 2.81. The summed E-state index contributed by atoms with van der Waals surface area (Å²) in [6.07, 6.45) is 2.18. The highest BCUT2D eigenvalue weighted by Gasteiger charge is 2.58. The molecule has 0 radical (unpaired) electrons. The topological polar surface area (TPSA) is 34.1 Å². The van der Waals surface area contributed by atoms with Crippen molar-refractivity contribution in [1.82, 2.24) is 0 Å². The molecule has 1 aromatic carbocycles. The Labute approximate surface area is 134 Å². The highest BCUT2D eigenvalue weighted by molar-refractivity contribution is 7.94. The number of hydrogen-bond acceptors (Lipinski definition) is 2. The Bertz CT molecular complexity index is 701. The van der Waals surface area contributed by atoms with Crippen molar-refractivity contribution in [3.8, 4) is 0 Å². The standard InChI is InChI=1S/C19H26O2S/c1-13-6-8-14(9-7-13)22(20,21)12-15-16-10-18(2,3)11-17(15)19(16,4)5/h6-9,12,16-17H,10-11H2,1-5H3. The van der Waals surface area contributed by atoms with Crippen molar-refractivity contribution in [2.75, 3.05) is 0 Å². The molecule has 2 bridgehead atoms. The van der Waals surface area contributed by atoms with E-state index in [1.54, 1.807) is 17.5 Å². The molecule has 0 spiro atoms. The molecule has 2 saturated carbocycles. The Balaban J connectivity index is 1.95. The fraction of sp³-hybridized carbons (Fsp3) is 0.579. The van der Waals surface area contributed by atoms with Gasteiger partial charge in [0, 0.05) is 5.41 Å². The van der Waals surface area contributed by atoms with E-state index < -0.39 is 9.84 Å². The quantitative estimate of drug-likeness (QED) is 0.789. The fourth-order valence-corrected chi connectivity index (χ4v) is 5.68. The molecule has 0 aliphatic heterocycles. The fourth-order valence-electron chi connectivity index (χ4n) is 4.34. The lowest BCUT2D eigenvalue weighted by molar-refractivity contribution is -0.0503. The van der Waals surface area contributed by atoms with Crippen molar-refractivity contribution in [3.05, 3.63) is 40.8 Å². The Morgan fingerprint density at radius 2 is 1.50 bits per heavy atom. The molecule has 2 unspecified atom stereocenters. The first-order chi connectivity index (χ1) is 10.0. The van der Waals surface area contributed by atoms with Gasteiger partial charge < -0.3 is 0 Å². The number of benzene rings is 1. The Morgan fingerprint density at radius 1 is 1.00 bits per heavy atom. The summed E-state index contributed by atoms with van der Waals surface area (Å²) in [5.74, 6) is 0.808. The first kappa shape index (κ1) is 15.8. The minimum atomic E-state index is -3.33. The van der Waals surface area contributed by atoms with Crippen LogP contribution in [0.15, 0.2) is 40.1 Å². The maximum atomic E-state index is 12.7. The van der Waals surface area contributed by atoms with Gasteiger partial charge in [-0.05, 0) is 54.6 Å². The zero-order valence-corrected chi connectivity index (χ0v) is 15.0. The van der Waals surface area contributed by atoms with Crippen molar-refractivity contribution < 1.29 is 8.42 Å². The third-order valence-electron chi connectivity index (χ3n) is 5.76. The third-order valence-corrected chi connectivity index (χ3v) is 7.27. The molecule has 0 N–H and O–H groups in total. The monoisotopic (exact) mass is 318 g/mol. The molecule has 3 rings (SSSR count). The summed E-state index contributed by atoms with van der Waals surface area (Å²) >= 11 is 0. The summed E-state index contributed by atoms with van der Waals surface area (Å²) in [5, 5.41) is 1.58. The van der Waals surface area contributed by atoms with Crippen LogP contribution in [0.25, 0.3) is 0 Å². The van der Waals surface area contributed by atoms with Gasteiger partial charge in [-0.1, -0.05) is 51.0 Å². The van der Waals surface area contributed by atoms with Gasteiger partial charge in [-0.25, -0.2) is 8.42 Å². The van der Waals surface area contributed by atoms with Crippen molar-refractivity contribution in [3.63, 3.8) is 0 Å². The van der Waals surface area contributed by atoms with E-state index in [-0.39, 0.29) is 5.41 Å². The van der Waals surface area contributed by atoms with Gasteiger partial charge in [0.05, 0.1) is 4.90 Å². The highest BCUT2D eigenvalue weighted by atomic mass is 32.2. The van der Waals surface area contributed by atoms with Gasteiger partial charge in [0.25, 0.3) is 0 Å². The van der Waals surface area contributed by atoms with E-state index in [1.165, 1.54) is 0 Å². The molecule has 0 saturated heterocycles. The summed E-state index contributed by atoms with van der Waals surface area (Å²) in [6, 6.07) is 7.15. The zero-order valence-electron chi connectivity index (χ0n) is 14.2. The zero-order chi connectivity index (χ0) is 16.3. The van der Waals surface area contributed by atoms with Gasteiger partial charge in [-0.2, -0.15) is 0 Å². The summed E-state index contributed by atoms with van der Waals surface area (Å²) in [6.45, 7) is 11.1. The normalized spacial score (nSPS) is 28.9. The van der Waals surface area contributed by atoms with Crippen molar-refractivity contribution in [2.45, 2.75) is 52.4 Å². The van der Waals surface area contributed by atoms with Crippen LogP contribution in [-0.2, 0) is 9.84 Å². The summed E-state index contributed by atoms with van der Waals surface area (Å²) in [4.78, 5) is 0.410. The Kier molecular flexibility index (Phi) is 3.38. The molecule has 22 heavy (non-hydrogen) atoms. The lowest BCUT2D eigenvalue weighted by Crippen LogP contribution is -2.55. The summed E-state index contributed by atoms with van der Waals surface area (Å²) in [7, 11) is -3.33. The minimum Gasteiger partial charge on any atom is -0.219 e. The molecular formula is C19H26O2S. The van der Waals surface area contributed by atoms with Crippen LogP contribution < -0.4 is 0 Å². The van der Waals surface area contributed by atoms with Crippen LogP contribution in [0, 0.1) is 29.6 Å². The van der Waals surface area contributed by atoms with Gasteiger partial charge in [0.1, 0.15) is 0 Å². The number of sulfone groups is 1. The largest absolute Gasteiger partial charge is 0.219 e. The minimum absolute atomic E-state index is 0.240. The average Bonchev–Trinajstić information content (AvgIpc) is 2.40. The molecule has 2 aliphatic rings. The lowest BCUT2D eigenvalue weighted by atomic mass is 9.42. The smallest absolute Gasteiger partial charge is 0.199 e. The third kappa shape index (κ3) is 2.44. The van der Waals surface area contributed by atoms with Gasteiger partial charge in [0.15, 0.2) is 9.84 Å². The number of allylic oxidation sites excluding steroid dienone is 1. The molecule has 3 heteroatoms. The van der Waals surface area contributed by atoms with E-state index in [0.29, 0.717) is 22.1 Å². The SMILES string of the molecule is Cc1ccc(S(=O)(=O)C=C2C3CC(C)(C)CC2C3(C)C)cc1. The number of aryl methyl sites for hydroxylation is 1. The van der Waals surface area contributed by atoms with Gasteiger partial charge in [0.2, 0.25) is 0 Å². The van der Waals surface area contributed by atoms with Crippen LogP contribution in [0.5, 0.6) is 0 Å². The predicted octanol–water partition coefficient (Wildman–Crippen LogP) is 4.74. The number of fused-ring (bicyclic) bond motifs is 2. The molecule has 0 amide bonds. The van der Waals surface area contributed by atoms with Crippen LogP contribution in [-0.4, -0.2) is 8.42 Å². The molecule has 1 aromatic rings. The van der Waals surface area contributed by atoms with Gasteiger partial charge >= 0.3 is 0 Å². The van der Waals surface area contributed by atoms with E-state index in [0.717, 1.165) is 24.0 Å². The maximum Gasteiger partial charge on any atom is 0.199 e. The van der Waals surface area contributed by atoms with Crippen molar-refractivity contribution >= 4 is 9.84 Å². The molecule has 0 aromatic heterocycles. The van der Waals surface area contributed by atoms with E-state index in [4.69, 9.17) is 0 Å². The molecule has 2 aliphatic carbocycles.